The average molecular weight is 251 g/mol. The van der Waals surface area contributed by atoms with E-state index in [2.05, 4.69) is 15.6 Å². The summed E-state index contributed by atoms with van der Waals surface area (Å²) in [5.74, 6) is 0.140. The molecule has 0 saturated carbocycles. The van der Waals surface area contributed by atoms with Crippen molar-refractivity contribution in [1.29, 1.82) is 0 Å². The van der Waals surface area contributed by atoms with Gasteiger partial charge in [-0.1, -0.05) is 6.92 Å². The zero-order valence-corrected chi connectivity index (χ0v) is 11.2. The summed E-state index contributed by atoms with van der Waals surface area (Å²) in [6.07, 6.45) is 1.66. The van der Waals surface area contributed by atoms with Gasteiger partial charge in [-0.15, -0.1) is 0 Å². The van der Waals surface area contributed by atoms with Crippen LogP contribution in [0.15, 0.2) is 18.3 Å². The van der Waals surface area contributed by atoms with E-state index in [0.29, 0.717) is 24.8 Å². The number of amides is 1. The van der Waals surface area contributed by atoms with Crippen LogP contribution in [-0.2, 0) is 4.74 Å². The zero-order valence-electron chi connectivity index (χ0n) is 11.2. The van der Waals surface area contributed by atoms with E-state index in [0.717, 1.165) is 12.2 Å². The zero-order chi connectivity index (χ0) is 13.4. The lowest BCUT2D eigenvalue weighted by molar-refractivity contribution is 0.0929. The number of nitrogens with one attached hydrogen (secondary N) is 2. The number of hydrogen-bond donors (Lipinski definition) is 2. The lowest BCUT2D eigenvalue weighted by Crippen LogP contribution is -2.30. The highest BCUT2D eigenvalue weighted by atomic mass is 16.5. The smallest absolute Gasteiger partial charge is 0.269 e. The lowest BCUT2D eigenvalue weighted by Gasteiger charge is -2.11. The summed E-state index contributed by atoms with van der Waals surface area (Å²) in [6.45, 7) is 6.08. The number of pyridine rings is 1. The molecule has 0 radical (unpaired) electrons. The molecule has 0 saturated heterocycles. The number of carbonyl (C=O) groups excluding carboxylic acids is 1. The Labute approximate surface area is 108 Å². The fourth-order valence-corrected chi connectivity index (χ4v) is 1.54. The fraction of sp³-hybridized carbons (Fsp3) is 0.538. The van der Waals surface area contributed by atoms with Crippen molar-refractivity contribution in [3.63, 3.8) is 0 Å². The Kier molecular flexibility index (Phi) is 6.14. The van der Waals surface area contributed by atoms with Crippen molar-refractivity contribution in [2.24, 2.45) is 5.92 Å². The normalized spacial score (nSPS) is 11.9. The topological polar surface area (TPSA) is 63.2 Å². The molecule has 1 heterocycles. The van der Waals surface area contributed by atoms with Crippen molar-refractivity contribution >= 4 is 11.6 Å². The maximum absolute atomic E-state index is 11.8. The largest absolute Gasteiger partial charge is 0.384 e. The average Bonchev–Trinajstić information content (AvgIpc) is 2.37. The van der Waals surface area contributed by atoms with Gasteiger partial charge in [0.05, 0.1) is 18.5 Å². The maximum atomic E-state index is 11.8. The molecule has 0 spiro atoms. The molecule has 0 aromatic carbocycles. The monoisotopic (exact) mass is 251 g/mol. The van der Waals surface area contributed by atoms with Crippen molar-refractivity contribution in [3.8, 4) is 0 Å². The van der Waals surface area contributed by atoms with Crippen LogP contribution in [-0.4, -0.2) is 37.7 Å². The fourth-order valence-electron chi connectivity index (χ4n) is 1.54. The summed E-state index contributed by atoms with van der Waals surface area (Å²) in [7, 11) is 1.65. The highest BCUT2D eigenvalue weighted by Crippen LogP contribution is 2.05. The third-order valence-electron chi connectivity index (χ3n) is 2.44. The van der Waals surface area contributed by atoms with E-state index in [9.17, 15) is 4.79 Å². The van der Waals surface area contributed by atoms with Crippen LogP contribution in [0, 0.1) is 5.92 Å². The Morgan fingerprint density at radius 3 is 2.83 bits per heavy atom. The van der Waals surface area contributed by atoms with Gasteiger partial charge >= 0.3 is 0 Å². The summed E-state index contributed by atoms with van der Waals surface area (Å²) >= 11 is 0. The first-order chi connectivity index (χ1) is 8.67. The van der Waals surface area contributed by atoms with Gasteiger partial charge in [-0.2, -0.15) is 0 Å². The van der Waals surface area contributed by atoms with E-state index < -0.39 is 0 Å². The number of aromatic nitrogens is 1. The van der Waals surface area contributed by atoms with E-state index in [-0.39, 0.29) is 5.91 Å². The molecule has 0 aliphatic carbocycles. The molecule has 1 rings (SSSR count). The van der Waals surface area contributed by atoms with Gasteiger partial charge in [0.2, 0.25) is 0 Å². The Balaban J connectivity index is 2.46. The Hall–Kier alpha value is -1.62. The third-order valence-corrected chi connectivity index (χ3v) is 2.44. The van der Waals surface area contributed by atoms with E-state index in [1.165, 1.54) is 0 Å². The molecule has 0 aliphatic rings. The molecule has 2 N–H and O–H groups in total. The molecule has 1 amide bonds. The van der Waals surface area contributed by atoms with Crippen LogP contribution >= 0.6 is 0 Å². The molecule has 100 valence electrons. The number of carbonyl (C=O) groups is 1. The number of nitrogens with zero attached hydrogens (tertiary/aromatic N) is 1. The number of ether oxygens (including phenoxy) is 1. The second kappa shape index (κ2) is 7.66. The van der Waals surface area contributed by atoms with Crippen LogP contribution in [0.25, 0.3) is 0 Å². The minimum Gasteiger partial charge on any atom is -0.384 e. The van der Waals surface area contributed by atoms with Crippen LogP contribution in [0.1, 0.15) is 24.3 Å². The van der Waals surface area contributed by atoms with Gasteiger partial charge in [-0.05, 0) is 25.0 Å². The van der Waals surface area contributed by atoms with Crippen molar-refractivity contribution in [2.45, 2.75) is 13.8 Å². The maximum Gasteiger partial charge on any atom is 0.269 e. The summed E-state index contributed by atoms with van der Waals surface area (Å²) in [5, 5.41) is 5.96. The summed E-state index contributed by atoms with van der Waals surface area (Å²) in [4.78, 5) is 15.9. The molecule has 1 unspecified atom stereocenters. The molecule has 1 aromatic heterocycles. The lowest BCUT2D eigenvalue weighted by atomic mass is 10.2. The van der Waals surface area contributed by atoms with Gasteiger partial charge in [0.1, 0.15) is 5.69 Å². The molecule has 1 atom stereocenters. The van der Waals surface area contributed by atoms with Crippen molar-refractivity contribution in [1.82, 2.24) is 10.3 Å². The molecule has 18 heavy (non-hydrogen) atoms. The van der Waals surface area contributed by atoms with E-state index >= 15 is 0 Å². The van der Waals surface area contributed by atoms with Crippen molar-refractivity contribution < 1.29 is 9.53 Å². The Bertz CT molecular complexity index is 365. The van der Waals surface area contributed by atoms with Gasteiger partial charge in [0.25, 0.3) is 5.91 Å². The van der Waals surface area contributed by atoms with Gasteiger partial charge in [0, 0.05) is 20.2 Å². The standard InChI is InChI=1S/C13H21N3O2/c1-4-14-11-5-6-12(15-8-11)13(17)16-7-10(2)9-18-3/h5-6,8,10,14H,4,7,9H2,1-3H3,(H,16,17). The minimum absolute atomic E-state index is 0.152. The second-order valence-corrected chi connectivity index (χ2v) is 4.23. The van der Waals surface area contributed by atoms with Gasteiger partial charge in [-0.25, -0.2) is 4.98 Å². The Morgan fingerprint density at radius 2 is 2.28 bits per heavy atom. The first kappa shape index (κ1) is 14.4. The number of anilines is 1. The number of hydrogen-bond acceptors (Lipinski definition) is 4. The molecular formula is C13H21N3O2. The highest BCUT2D eigenvalue weighted by molar-refractivity contribution is 5.92. The summed E-state index contributed by atoms with van der Waals surface area (Å²) in [5.41, 5.74) is 1.35. The molecule has 5 nitrogen and oxygen atoms in total. The van der Waals surface area contributed by atoms with Gasteiger partial charge in [0.15, 0.2) is 0 Å². The minimum atomic E-state index is -0.152. The first-order valence-corrected chi connectivity index (χ1v) is 6.14. The van der Waals surface area contributed by atoms with Crippen molar-refractivity contribution in [2.75, 3.05) is 32.1 Å². The molecule has 5 heteroatoms. The van der Waals surface area contributed by atoms with Crippen LogP contribution in [0.3, 0.4) is 0 Å². The van der Waals surface area contributed by atoms with Crippen molar-refractivity contribution in [3.05, 3.63) is 24.0 Å². The molecular weight excluding hydrogens is 230 g/mol. The van der Waals surface area contributed by atoms with E-state index in [1.807, 2.05) is 19.9 Å². The number of rotatable bonds is 7. The SMILES string of the molecule is CCNc1ccc(C(=O)NCC(C)COC)nc1. The van der Waals surface area contributed by atoms with Gasteiger partial charge in [-0.3, -0.25) is 4.79 Å². The molecule has 1 aromatic rings. The predicted molar refractivity (Wildman–Crippen MR) is 71.8 cm³/mol. The Morgan fingerprint density at radius 1 is 1.50 bits per heavy atom. The quantitative estimate of drug-likeness (QED) is 0.771. The van der Waals surface area contributed by atoms with Crippen LogP contribution < -0.4 is 10.6 Å². The van der Waals surface area contributed by atoms with E-state index in [1.54, 1.807) is 19.4 Å². The number of methoxy groups -OCH3 is 1. The highest BCUT2D eigenvalue weighted by Gasteiger charge is 2.08. The first-order valence-electron chi connectivity index (χ1n) is 6.14. The summed E-state index contributed by atoms with van der Waals surface area (Å²) < 4.78 is 5.01. The van der Waals surface area contributed by atoms with Crippen LogP contribution in [0.5, 0.6) is 0 Å². The van der Waals surface area contributed by atoms with Crippen LogP contribution in [0.2, 0.25) is 0 Å². The third kappa shape index (κ3) is 4.71. The summed E-state index contributed by atoms with van der Waals surface area (Å²) in [6, 6.07) is 3.57. The molecule has 0 fully saturated rings. The predicted octanol–water partition coefficient (Wildman–Crippen LogP) is 1.53. The molecule has 0 bridgehead atoms. The second-order valence-electron chi connectivity index (χ2n) is 4.23. The van der Waals surface area contributed by atoms with Gasteiger partial charge < -0.3 is 15.4 Å². The van der Waals surface area contributed by atoms with E-state index in [4.69, 9.17) is 4.74 Å². The van der Waals surface area contributed by atoms with Crippen LogP contribution in [0.4, 0.5) is 5.69 Å². The molecule has 0 aliphatic heterocycles.